The van der Waals surface area contributed by atoms with Crippen molar-refractivity contribution in [1.82, 2.24) is 5.32 Å². The topological polar surface area (TPSA) is 118 Å². The van der Waals surface area contributed by atoms with Gasteiger partial charge in [-0.15, -0.1) is 12.6 Å². The molecule has 0 heterocycles. The largest absolute Gasteiger partial charge is 0.398 e. The number of carbonyl (C=O) groups excluding carboxylic acids is 2. The van der Waals surface area contributed by atoms with E-state index < -0.39 is 22.9 Å². The van der Waals surface area contributed by atoms with Crippen LogP contribution < -0.4 is 11.1 Å². The maximum atomic E-state index is 11.1. The van der Waals surface area contributed by atoms with Crippen molar-refractivity contribution >= 4 is 30.2 Å². The number of nitrogens with zero attached hydrogens (tertiary/aromatic N) is 2. The first-order valence-corrected chi connectivity index (χ1v) is 3.84. The molecule has 0 rings (SSSR count). The first-order chi connectivity index (χ1) is 6.52. The molecule has 0 saturated heterocycles. The summed E-state index contributed by atoms with van der Waals surface area (Å²) in [6.45, 7) is 0. The lowest BCUT2D eigenvalue weighted by molar-refractivity contribution is -0.122. The second kappa shape index (κ2) is 5.82. The average molecular weight is 216 g/mol. The molecule has 1 atom stereocenters. The van der Waals surface area contributed by atoms with Crippen molar-refractivity contribution in [2.75, 3.05) is 7.11 Å². The van der Waals surface area contributed by atoms with Gasteiger partial charge in [0.1, 0.15) is 13.2 Å². The zero-order chi connectivity index (χ0) is 11.1. The van der Waals surface area contributed by atoms with Crippen LogP contribution in [0.3, 0.4) is 0 Å². The molecule has 3 N–H and O–H groups in total. The number of amides is 2. The lowest BCUT2D eigenvalue weighted by atomic mass is 10.4. The molecule has 0 fully saturated rings. The smallest absolute Gasteiger partial charge is 0.285 e. The van der Waals surface area contributed by atoms with Crippen molar-refractivity contribution in [2.45, 2.75) is 5.37 Å². The van der Waals surface area contributed by atoms with Crippen molar-refractivity contribution in [2.24, 2.45) is 10.9 Å². The third-order valence-corrected chi connectivity index (χ3v) is 1.42. The maximum Gasteiger partial charge on any atom is 0.285 e. The molecule has 2 amide bonds. The number of oxime groups is 1. The quantitative estimate of drug-likeness (QED) is 0.226. The van der Waals surface area contributed by atoms with Gasteiger partial charge in [-0.1, -0.05) is 5.16 Å². The van der Waals surface area contributed by atoms with Gasteiger partial charge in [-0.25, -0.2) is 0 Å². The van der Waals surface area contributed by atoms with Crippen LogP contribution >= 0.6 is 12.6 Å². The Labute approximate surface area is 85.3 Å². The summed E-state index contributed by atoms with van der Waals surface area (Å²) < 4.78 is 0. The summed E-state index contributed by atoms with van der Waals surface area (Å²) in [5.74, 6) is -1.72. The van der Waals surface area contributed by atoms with E-state index in [4.69, 9.17) is 11.0 Å². The van der Waals surface area contributed by atoms with Gasteiger partial charge >= 0.3 is 0 Å². The Morgan fingerprint density at radius 2 is 2.29 bits per heavy atom. The summed E-state index contributed by atoms with van der Waals surface area (Å²) in [7, 11) is 1.18. The van der Waals surface area contributed by atoms with Crippen LogP contribution in [-0.2, 0) is 14.4 Å². The SMILES string of the molecule is CON=C(C#N)C(=O)NC(S)C(N)=O. The van der Waals surface area contributed by atoms with E-state index >= 15 is 0 Å². The molecule has 7 nitrogen and oxygen atoms in total. The van der Waals surface area contributed by atoms with Crippen molar-refractivity contribution in [1.29, 1.82) is 5.26 Å². The number of thiol groups is 1. The third-order valence-electron chi connectivity index (χ3n) is 1.04. The molecule has 0 saturated carbocycles. The molecule has 8 heteroatoms. The van der Waals surface area contributed by atoms with Gasteiger partial charge in [0.25, 0.3) is 5.91 Å². The fourth-order valence-corrected chi connectivity index (χ4v) is 0.585. The first-order valence-electron chi connectivity index (χ1n) is 3.32. The summed E-state index contributed by atoms with van der Waals surface area (Å²) in [5.41, 5.74) is 4.30. The zero-order valence-corrected chi connectivity index (χ0v) is 8.12. The maximum absolute atomic E-state index is 11.1. The fraction of sp³-hybridized carbons (Fsp3) is 0.333. The molecule has 14 heavy (non-hydrogen) atoms. The van der Waals surface area contributed by atoms with Gasteiger partial charge in [0.2, 0.25) is 11.6 Å². The number of hydrogen-bond donors (Lipinski definition) is 3. The lowest BCUT2D eigenvalue weighted by Gasteiger charge is -2.06. The van der Waals surface area contributed by atoms with E-state index in [0.717, 1.165) is 0 Å². The zero-order valence-electron chi connectivity index (χ0n) is 7.22. The molecule has 0 bridgehead atoms. The monoisotopic (exact) mass is 216 g/mol. The summed E-state index contributed by atoms with van der Waals surface area (Å²) in [6.07, 6.45) is 0. The number of carbonyl (C=O) groups is 2. The molecule has 0 aromatic carbocycles. The van der Waals surface area contributed by atoms with E-state index in [1.54, 1.807) is 0 Å². The van der Waals surface area contributed by atoms with Gasteiger partial charge in [-0.2, -0.15) is 5.26 Å². The minimum Gasteiger partial charge on any atom is -0.398 e. The molecule has 76 valence electrons. The van der Waals surface area contributed by atoms with Crippen molar-refractivity contribution in [3.05, 3.63) is 0 Å². The average Bonchev–Trinajstić information content (AvgIpc) is 2.13. The Hall–Kier alpha value is -1.75. The number of rotatable bonds is 4. The Bertz CT molecular complexity index is 309. The molecule has 0 aliphatic heterocycles. The summed E-state index contributed by atoms with van der Waals surface area (Å²) >= 11 is 3.65. The molecular weight excluding hydrogens is 208 g/mol. The molecule has 0 aromatic rings. The van der Waals surface area contributed by atoms with E-state index in [1.807, 2.05) is 5.32 Å². The Morgan fingerprint density at radius 1 is 1.71 bits per heavy atom. The van der Waals surface area contributed by atoms with Crippen LogP contribution in [0.15, 0.2) is 5.16 Å². The second-order valence-electron chi connectivity index (χ2n) is 2.01. The Morgan fingerprint density at radius 3 is 2.64 bits per heavy atom. The highest BCUT2D eigenvalue weighted by atomic mass is 32.1. The molecule has 0 aromatic heterocycles. The van der Waals surface area contributed by atoms with Crippen LogP contribution in [0.4, 0.5) is 0 Å². The van der Waals surface area contributed by atoms with Crippen LogP contribution in [-0.4, -0.2) is 30.0 Å². The van der Waals surface area contributed by atoms with Crippen molar-refractivity contribution < 1.29 is 14.4 Å². The number of nitrogens with two attached hydrogens (primary N) is 1. The highest BCUT2D eigenvalue weighted by Gasteiger charge is 2.17. The predicted molar refractivity (Wildman–Crippen MR) is 50.2 cm³/mol. The molecular formula is C6H8N4O3S. The van der Waals surface area contributed by atoms with E-state index in [2.05, 4.69) is 22.6 Å². The predicted octanol–water partition coefficient (Wildman–Crippen LogP) is -1.63. The third kappa shape index (κ3) is 3.77. The van der Waals surface area contributed by atoms with Gasteiger partial charge in [0.05, 0.1) is 0 Å². The van der Waals surface area contributed by atoms with Crippen LogP contribution in [0.2, 0.25) is 0 Å². The van der Waals surface area contributed by atoms with Crippen LogP contribution in [0.25, 0.3) is 0 Å². The minimum atomic E-state index is -1.17. The van der Waals surface area contributed by atoms with Gasteiger partial charge < -0.3 is 15.9 Å². The van der Waals surface area contributed by atoms with E-state index in [1.165, 1.54) is 13.2 Å². The number of nitriles is 1. The highest BCUT2D eigenvalue weighted by molar-refractivity contribution is 7.81. The van der Waals surface area contributed by atoms with Crippen molar-refractivity contribution in [3.63, 3.8) is 0 Å². The summed E-state index contributed by atoms with van der Waals surface area (Å²) in [4.78, 5) is 25.8. The molecule has 0 aliphatic carbocycles. The molecule has 0 spiro atoms. The van der Waals surface area contributed by atoms with Crippen molar-refractivity contribution in [3.8, 4) is 6.07 Å². The number of nitrogens with one attached hydrogen (secondary N) is 1. The van der Waals surface area contributed by atoms with Gasteiger partial charge in [0.15, 0.2) is 5.37 Å². The molecule has 0 aliphatic rings. The van der Waals surface area contributed by atoms with Gasteiger partial charge in [0, 0.05) is 0 Å². The van der Waals surface area contributed by atoms with E-state index in [-0.39, 0.29) is 0 Å². The summed E-state index contributed by atoms with van der Waals surface area (Å²) in [5, 5.41) is 12.4. The fourth-order valence-electron chi connectivity index (χ4n) is 0.468. The van der Waals surface area contributed by atoms with Gasteiger partial charge in [-0.3, -0.25) is 9.59 Å². The summed E-state index contributed by atoms with van der Waals surface area (Å²) in [6, 6.07) is 1.47. The van der Waals surface area contributed by atoms with Crippen LogP contribution in [0.1, 0.15) is 0 Å². The number of primary amides is 1. The van der Waals surface area contributed by atoms with E-state index in [9.17, 15) is 9.59 Å². The Kier molecular flexibility index (Phi) is 5.09. The van der Waals surface area contributed by atoms with Gasteiger partial charge in [-0.05, 0) is 0 Å². The lowest BCUT2D eigenvalue weighted by Crippen LogP contribution is -2.43. The molecule has 0 radical (unpaired) electrons. The second-order valence-corrected chi connectivity index (χ2v) is 2.53. The van der Waals surface area contributed by atoms with E-state index in [0.29, 0.717) is 0 Å². The number of hydrogen-bond acceptors (Lipinski definition) is 6. The normalized spacial score (nSPS) is 12.5. The first kappa shape index (κ1) is 12.2. The standard InChI is InChI=1S/C6H8N4O3S/c1-13-10-3(2-7)5(12)9-6(14)4(8)11/h6,14H,1H3,(H2,8,11)(H,9,12). The minimum absolute atomic E-state index is 0.521. The molecule has 1 unspecified atom stereocenters. The van der Waals surface area contributed by atoms with Crippen LogP contribution in [0, 0.1) is 11.3 Å². The van der Waals surface area contributed by atoms with Crippen LogP contribution in [0.5, 0.6) is 0 Å². The Balaban J connectivity index is 4.42. The highest BCUT2D eigenvalue weighted by Crippen LogP contribution is 1.89.